The second-order valence-corrected chi connectivity index (χ2v) is 7.14. The van der Waals surface area contributed by atoms with Crippen LogP contribution in [0.1, 0.15) is 35.4 Å². The third-order valence-electron chi connectivity index (χ3n) is 4.98. The van der Waals surface area contributed by atoms with Crippen LogP contribution >= 0.6 is 0 Å². The number of carbonyl (C=O) groups excluding carboxylic acids is 1. The van der Waals surface area contributed by atoms with Crippen LogP contribution in [0.3, 0.4) is 0 Å². The number of likely N-dealkylation sites (tertiary alicyclic amines) is 1. The van der Waals surface area contributed by atoms with Gasteiger partial charge >= 0.3 is 0 Å². The molecule has 0 radical (unpaired) electrons. The second-order valence-electron chi connectivity index (χ2n) is 7.14. The number of aryl methyl sites for hydroxylation is 2. The minimum absolute atomic E-state index is 0.000689. The zero-order valence-electron chi connectivity index (χ0n) is 14.7. The van der Waals surface area contributed by atoms with E-state index in [1.54, 1.807) is 22.7 Å². The fourth-order valence-corrected chi connectivity index (χ4v) is 3.44. The van der Waals surface area contributed by atoms with Gasteiger partial charge in [-0.2, -0.15) is 5.10 Å². The highest BCUT2D eigenvalue weighted by Crippen LogP contribution is 2.32. The van der Waals surface area contributed by atoms with Crippen molar-refractivity contribution in [2.24, 2.45) is 20.0 Å². The van der Waals surface area contributed by atoms with Gasteiger partial charge in [-0.3, -0.25) is 14.2 Å². The Bertz CT molecular complexity index is 750. The van der Waals surface area contributed by atoms with Gasteiger partial charge in [-0.25, -0.2) is 4.98 Å². The zero-order valence-corrected chi connectivity index (χ0v) is 14.7. The normalized spacial score (nSPS) is 23.4. The molecule has 1 amide bonds. The first kappa shape index (κ1) is 16.3. The molecule has 0 spiro atoms. The molecular formula is C17H24N6O2. The first-order valence-corrected chi connectivity index (χ1v) is 8.86. The van der Waals surface area contributed by atoms with Crippen LogP contribution < -0.4 is 0 Å². The van der Waals surface area contributed by atoms with E-state index in [1.165, 1.54) is 12.8 Å². The maximum atomic E-state index is 12.9. The van der Waals surface area contributed by atoms with Crippen molar-refractivity contribution in [2.75, 3.05) is 13.2 Å². The summed E-state index contributed by atoms with van der Waals surface area (Å²) in [5.74, 6) is 0.842. The average molecular weight is 344 g/mol. The number of nitrogens with zero attached hydrogens (tertiary/aromatic N) is 6. The van der Waals surface area contributed by atoms with Gasteiger partial charge in [0.05, 0.1) is 18.3 Å². The van der Waals surface area contributed by atoms with Crippen LogP contribution in [0.15, 0.2) is 18.7 Å². The van der Waals surface area contributed by atoms with E-state index in [9.17, 15) is 4.79 Å². The number of hydrogen-bond acceptors (Lipinski definition) is 5. The fraction of sp³-hybridized carbons (Fsp3) is 0.647. The molecular weight excluding hydrogens is 320 g/mol. The number of aromatic nitrogens is 5. The van der Waals surface area contributed by atoms with Crippen LogP contribution in [0, 0.1) is 5.92 Å². The van der Waals surface area contributed by atoms with E-state index in [0.29, 0.717) is 12.5 Å². The molecule has 1 saturated carbocycles. The molecule has 0 aromatic carbocycles. The Morgan fingerprint density at radius 3 is 2.76 bits per heavy atom. The van der Waals surface area contributed by atoms with Crippen LogP contribution in [0.4, 0.5) is 0 Å². The largest absolute Gasteiger partial charge is 0.376 e. The number of hydrogen-bond donors (Lipinski definition) is 0. The molecule has 1 aliphatic heterocycles. The van der Waals surface area contributed by atoms with E-state index in [-0.39, 0.29) is 23.9 Å². The third kappa shape index (κ3) is 3.58. The van der Waals surface area contributed by atoms with Crippen LogP contribution in [-0.4, -0.2) is 60.6 Å². The van der Waals surface area contributed by atoms with Gasteiger partial charge in [0.1, 0.15) is 6.33 Å². The van der Waals surface area contributed by atoms with Crippen LogP contribution in [0.5, 0.6) is 0 Å². The molecule has 2 aromatic heterocycles. The van der Waals surface area contributed by atoms with Gasteiger partial charge in [0.25, 0.3) is 5.91 Å². The minimum Gasteiger partial charge on any atom is -0.376 e. The average Bonchev–Trinajstić information content (AvgIpc) is 2.97. The first-order valence-electron chi connectivity index (χ1n) is 8.86. The van der Waals surface area contributed by atoms with E-state index in [2.05, 4.69) is 15.2 Å². The Labute approximate surface area is 146 Å². The molecule has 2 aliphatic rings. The Morgan fingerprint density at radius 2 is 2.12 bits per heavy atom. The summed E-state index contributed by atoms with van der Waals surface area (Å²) in [7, 11) is 3.67. The molecule has 0 unspecified atom stereocenters. The predicted molar refractivity (Wildman–Crippen MR) is 89.8 cm³/mol. The van der Waals surface area contributed by atoms with Gasteiger partial charge < -0.3 is 9.64 Å². The summed E-state index contributed by atoms with van der Waals surface area (Å²) in [6.45, 7) is 1.48. The molecule has 134 valence electrons. The molecule has 2 atom stereocenters. The van der Waals surface area contributed by atoms with Crippen LogP contribution in [0.2, 0.25) is 0 Å². The summed E-state index contributed by atoms with van der Waals surface area (Å²) in [6, 6.07) is -0.000689. The fourth-order valence-electron chi connectivity index (χ4n) is 3.44. The molecule has 8 nitrogen and oxygen atoms in total. The van der Waals surface area contributed by atoms with Crippen molar-refractivity contribution in [3.63, 3.8) is 0 Å². The lowest BCUT2D eigenvalue weighted by atomic mass is 10.0. The Hall–Kier alpha value is -2.22. The lowest BCUT2D eigenvalue weighted by Gasteiger charge is -2.27. The lowest BCUT2D eigenvalue weighted by Crippen LogP contribution is -2.42. The summed E-state index contributed by atoms with van der Waals surface area (Å²) in [5, 5.41) is 8.41. The molecule has 4 rings (SSSR count). The van der Waals surface area contributed by atoms with Crippen molar-refractivity contribution in [3.05, 3.63) is 30.1 Å². The van der Waals surface area contributed by atoms with E-state index >= 15 is 0 Å². The SMILES string of the molecule is Cn1cc(C[C@H]2[C@H](OCC3CC3)CCN2C(=O)c2ncn(C)n2)cn1. The molecule has 1 saturated heterocycles. The topological polar surface area (TPSA) is 78.1 Å². The molecule has 2 aromatic rings. The Morgan fingerprint density at radius 1 is 1.28 bits per heavy atom. The van der Waals surface area contributed by atoms with Gasteiger partial charge in [-0.1, -0.05) is 0 Å². The van der Waals surface area contributed by atoms with Gasteiger partial charge in [0, 0.05) is 33.4 Å². The van der Waals surface area contributed by atoms with Gasteiger partial charge in [-0.05, 0) is 37.2 Å². The first-order chi connectivity index (χ1) is 12.1. The predicted octanol–water partition coefficient (Wildman–Crippen LogP) is 0.801. The van der Waals surface area contributed by atoms with Crippen molar-refractivity contribution >= 4 is 5.91 Å². The highest BCUT2D eigenvalue weighted by molar-refractivity contribution is 5.90. The number of amides is 1. The Kier molecular flexibility index (Phi) is 4.29. The number of rotatable bonds is 6. The van der Waals surface area contributed by atoms with Crippen molar-refractivity contribution in [3.8, 4) is 0 Å². The summed E-state index contributed by atoms with van der Waals surface area (Å²) in [4.78, 5) is 18.9. The highest BCUT2D eigenvalue weighted by Gasteiger charge is 2.40. The van der Waals surface area contributed by atoms with Crippen molar-refractivity contribution in [1.29, 1.82) is 0 Å². The number of carbonyl (C=O) groups is 1. The van der Waals surface area contributed by atoms with Gasteiger partial charge in [-0.15, -0.1) is 5.10 Å². The molecule has 25 heavy (non-hydrogen) atoms. The summed E-state index contributed by atoms with van der Waals surface area (Å²) in [6.07, 6.45) is 9.60. The molecule has 0 bridgehead atoms. The lowest BCUT2D eigenvalue weighted by molar-refractivity contribution is 0.0197. The molecule has 8 heteroatoms. The Balaban J connectivity index is 1.52. The molecule has 3 heterocycles. The van der Waals surface area contributed by atoms with Crippen LogP contribution in [-0.2, 0) is 25.3 Å². The standard InChI is InChI=1S/C17H24N6O2/c1-21-9-13(8-19-21)7-14-15(25-10-12-3-4-12)5-6-23(14)17(24)16-18-11-22(2)20-16/h8-9,11-12,14-15H,3-7,10H2,1-2H3/t14-,15+/m0/s1. The molecule has 2 fully saturated rings. The van der Waals surface area contributed by atoms with Crippen LogP contribution in [0.25, 0.3) is 0 Å². The van der Waals surface area contributed by atoms with Crippen molar-refractivity contribution < 1.29 is 9.53 Å². The van der Waals surface area contributed by atoms with E-state index < -0.39 is 0 Å². The maximum absolute atomic E-state index is 12.9. The molecule has 0 N–H and O–H groups in total. The van der Waals surface area contributed by atoms with Gasteiger partial charge in [0.2, 0.25) is 5.82 Å². The van der Waals surface area contributed by atoms with E-state index in [4.69, 9.17) is 4.74 Å². The van der Waals surface area contributed by atoms with E-state index in [1.807, 2.05) is 24.3 Å². The van der Waals surface area contributed by atoms with Crippen molar-refractivity contribution in [1.82, 2.24) is 29.4 Å². The summed E-state index contributed by atoms with van der Waals surface area (Å²) >= 11 is 0. The second kappa shape index (κ2) is 6.59. The minimum atomic E-state index is -0.119. The van der Waals surface area contributed by atoms with E-state index in [0.717, 1.165) is 25.0 Å². The smallest absolute Gasteiger partial charge is 0.293 e. The third-order valence-corrected chi connectivity index (χ3v) is 4.98. The quantitative estimate of drug-likeness (QED) is 0.775. The highest BCUT2D eigenvalue weighted by atomic mass is 16.5. The van der Waals surface area contributed by atoms with Crippen molar-refractivity contribution in [2.45, 2.75) is 37.8 Å². The monoisotopic (exact) mass is 344 g/mol. The number of ether oxygens (including phenoxy) is 1. The summed E-state index contributed by atoms with van der Waals surface area (Å²) in [5.41, 5.74) is 1.11. The van der Waals surface area contributed by atoms with Gasteiger partial charge in [0.15, 0.2) is 0 Å². The summed E-state index contributed by atoms with van der Waals surface area (Å²) < 4.78 is 9.52. The zero-order chi connectivity index (χ0) is 17.4. The maximum Gasteiger partial charge on any atom is 0.293 e. The molecule has 1 aliphatic carbocycles.